The van der Waals surface area contributed by atoms with E-state index >= 15 is 0 Å². The zero-order valence-corrected chi connectivity index (χ0v) is 15.8. The van der Waals surface area contributed by atoms with Gasteiger partial charge >= 0.3 is 0 Å². The van der Waals surface area contributed by atoms with E-state index in [0.717, 1.165) is 25.2 Å². The molecule has 4 rings (SSSR count). The molecule has 6 heteroatoms. The van der Waals surface area contributed by atoms with Gasteiger partial charge in [0, 0.05) is 24.2 Å². The molecule has 6 nitrogen and oxygen atoms in total. The fourth-order valence-corrected chi connectivity index (χ4v) is 3.60. The number of phenols is 1. The van der Waals surface area contributed by atoms with Gasteiger partial charge in [-0.2, -0.15) is 0 Å². The SMILES string of the molecule is COc1c(OCCN2CCCC2)cc2oc(-c3ccccc3)cc(=O)c2c1O. The lowest BCUT2D eigenvalue weighted by Crippen LogP contribution is -2.25. The van der Waals surface area contributed by atoms with Crippen LogP contribution in [0, 0.1) is 0 Å². The Labute approximate surface area is 162 Å². The molecule has 1 saturated heterocycles. The van der Waals surface area contributed by atoms with Crippen LogP contribution in [0.15, 0.2) is 51.7 Å². The molecule has 2 aromatic carbocycles. The van der Waals surface area contributed by atoms with Crippen molar-refractivity contribution >= 4 is 11.0 Å². The Hall–Kier alpha value is -2.99. The molecule has 0 atom stereocenters. The number of ether oxygens (including phenoxy) is 2. The minimum atomic E-state index is -0.334. The first-order valence-electron chi connectivity index (χ1n) is 9.46. The highest BCUT2D eigenvalue weighted by Crippen LogP contribution is 2.42. The van der Waals surface area contributed by atoms with Gasteiger partial charge in [-0.1, -0.05) is 30.3 Å². The summed E-state index contributed by atoms with van der Waals surface area (Å²) in [5, 5.41) is 10.7. The van der Waals surface area contributed by atoms with Gasteiger partial charge in [-0.05, 0) is 25.9 Å². The molecule has 0 amide bonds. The van der Waals surface area contributed by atoms with Crippen molar-refractivity contribution < 1.29 is 19.0 Å². The summed E-state index contributed by atoms with van der Waals surface area (Å²) in [7, 11) is 1.44. The van der Waals surface area contributed by atoms with Crippen LogP contribution >= 0.6 is 0 Å². The van der Waals surface area contributed by atoms with Gasteiger partial charge in [-0.3, -0.25) is 9.69 Å². The normalized spacial score (nSPS) is 14.5. The van der Waals surface area contributed by atoms with Crippen LogP contribution in [0.4, 0.5) is 0 Å². The van der Waals surface area contributed by atoms with Gasteiger partial charge in [0.25, 0.3) is 0 Å². The number of rotatable bonds is 6. The highest BCUT2D eigenvalue weighted by Gasteiger charge is 2.20. The van der Waals surface area contributed by atoms with Crippen molar-refractivity contribution in [2.45, 2.75) is 12.8 Å². The number of hydrogen-bond donors (Lipinski definition) is 1. The average Bonchev–Trinajstić information content (AvgIpc) is 3.22. The summed E-state index contributed by atoms with van der Waals surface area (Å²) >= 11 is 0. The molecule has 3 aromatic rings. The summed E-state index contributed by atoms with van der Waals surface area (Å²) in [6, 6.07) is 12.4. The van der Waals surface area contributed by atoms with E-state index in [1.807, 2.05) is 30.3 Å². The molecule has 1 fully saturated rings. The molecule has 1 aliphatic heterocycles. The molecule has 28 heavy (non-hydrogen) atoms. The minimum Gasteiger partial charge on any atom is -0.504 e. The average molecular weight is 381 g/mol. The zero-order chi connectivity index (χ0) is 19.5. The molecule has 1 N–H and O–H groups in total. The van der Waals surface area contributed by atoms with Crippen LogP contribution in [-0.2, 0) is 0 Å². The Balaban J connectivity index is 1.71. The van der Waals surface area contributed by atoms with Crippen LogP contribution in [0.2, 0.25) is 0 Å². The molecule has 0 bridgehead atoms. The van der Waals surface area contributed by atoms with Crippen LogP contribution < -0.4 is 14.9 Å². The molecule has 0 saturated carbocycles. The molecule has 0 radical (unpaired) electrons. The third-order valence-corrected chi connectivity index (χ3v) is 5.04. The molecule has 146 valence electrons. The lowest BCUT2D eigenvalue weighted by molar-refractivity contribution is 0.228. The monoisotopic (exact) mass is 381 g/mol. The van der Waals surface area contributed by atoms with Crippen molar-refractivity contribution in [2.24, 2.45) is 0 Å². The van der Waals surface area contributed by atoms with Crippen molar-refractivity contribution in [3.63, 3.8) is 0 Å². The van der Waals surface area contributed by atoms with Crippen LogP contribution in [-0.4, -0.2) is 43.4 Å². The summed E-state index contributed by atoms with van der Waals surface area (Å²) in [5.74, 6) is 0.684. The third kappa shape index (κ3) is 3.55. The fraction of sp³-hybridized carbons (Fsp3) is 0.318. The van der Waals surface area contributed by atoms with Gasteiger partial charge in [-0.25, -0.2) is 0 Å². The summed E-state index contributed by atoms with van der Waals surface area (Å²) in [5.41, 5.74) is 0.716. The van der Waals surface area contributed by atoms with E-state index in [1.54, 1.807) is 6.07 Å². The number of phenolic OH excluding ortho intramolecular Hbond substituents is 1. The van der Waals surface area contributed by atoms with Gasteiger partial charge in [0.15, 0.2) is 16.9 Å². The topological polar surface area (TPSA) is 72.1 Å². The van der Waals surface area contributed by atoms with E-state index in [-0.39, 0.29) is 27.9 Å². The second-order valence-corrected chi connectivity index (χ2v) is 6.87. The van der Waals surface area contributed by atoms with Crippen LogP contribution in [0.25, 0.3) is 22.3 Å². The number of likely N-dealkylation sites (tertiary alicyclic amines) is 1. The quantitative estimate of drug-likeness (QED) is 0.703. The number of hydrogen-bond acceptors (Lipinski definition) is 6. The fourth-order valence-electron chi connectivity index (χ4n) is 3.60. The van der Waals surface area contributed by atoms with Crippen LogP contribution in [0.5, 0.6) is 17.2 Å². The zero-order valence-electron chi connectivity index (χ0n) is 15.8. The largest absolute Gasteiger partial charge is 0.504 e. The van der Waals surface area contributed by atoms with Gasteiger partial charge in [0.2, 0.25) is 5.75 Å². The molecular formula is C22H23NO5. The van der Waals surface area contributed by atoms with E-state index < -0.39 is 0 Å². The molecule has 1 aromatic heterocycles. The minimum absolute atomic E-state index is 0.0865. The van der Waals surface area contributed by atoms with Crippen molar-refractivity contribution in [1.29, 1.82) is 0 Å². The first-order chi connectivity index (χ1) is 13.7. The van der Waals surface area contributed by atoms with E-state index in [0.29, 0.717) is 18.1 Å². The van der Waals surface area contributed by atoms with Gasteiger partial charge in [0.05, 0.1) is 7.11 Å². The first kappa shape index (κ1) is 18.4. The number of fused-ring (bicyclic) bond motifs is 1. The number of nitrogens with zero attached hydrogens (tertiary/aromatic N) is 1. The van der Waals surface area contributed by atoms with Crippen LogP contribution in [0.3, 0.4) is 0 Å². The Morgan fingerprint density at radius 1 is 1.14 bits per heavy atom. The molecule has 1 aliphatic rings. The summed E-state index contributed by atoms with van der Waals surface area (Å²) in [6.07, 6.45) is 2.43. The van der Waals surface area contributed by atoms with Gasteiger partial charge < -0.3 is 19.0 Å². The van der Waals surface area contributed by atoms with Gasteiger partial charge in [0.1, 0.15) is 23.3 Å². The van der Waals surface area contributed by atoms with Crippen molar-refractivity contribution in [3.8, 4) is 28.6 Å². The lowest BCUT2D eigenvalue weighted by Gasteiger charge is -2.17. The first-order valence-corrected chi connectivity index (χ1v) is 9.46. The summed E-state index contributed by atoms with van der Waals surface area (Å²) < 4.78 is 17.1. The highest BCUT2D eigenvalue weighted by molar-refractivity contribution is 5.89. The molecule has 0 spiro atoms. The standard InChI is InChI=1S/C22H23NO5/c1-26-22-19(27-12-11-23-9-5-6-10-23)14-18-20(21(22)25)16(24)13-17(28-18)15-7-3-2-4-8-15/h2-4,7-8,13-14,25H,5-6,9-12H2,1H3. The maximum atomic E-state index is 12.6. The summed E-state index contributed by atoms with van der Waals surface area (Å²) in [4.78, 5) is 15.0. The molecule has 0 unspecified atom stereocenters. The lowest BCUT2D eigenvalue weighted by atomic mass is 10.1. The van der Waals surface area contributed by atoms with Crippen molar-refractivity contribution in [3.05, 3.63) is 52.7 Å². The molecular weight excluding hydrogens is 358 g/mol. The van der Waals surface area contributed by atoms with E-state index in [1.165, 1.54) is 26.0 Å². The number of aromatic hydroxyl groups is 1. The van der Waals surface area contributed by atoms with Gasteiger partial charge in [-0.15, -0.1) is 0 Å². The maximum Gasteiger partial charge on any atom is 0.204 e. The van der Waals surface area contributed by atoms with Crippen molar-refractivity contribution in [1.82, 2.24) is 4.90 Å². The Kier molecular flexibility index (Phi) is 5.21. The predicted molar refractivity (Wildman–Crippen MR) is 107 cm³/mol. The van der Waals surface area contributed by atoms with Crippen molar-refractivity contribution in [2.75, 3.05) is 33.4 Å². The molecule has 0 aliphatic carbocycles. The predicted octanol–water partition coefficient (Wildman–Crippen LogP) is 3.65. The smallest absolute Gasteiger partial charge is 0.204 e. The second-order valence-electron chi connectivity index (χ2n) is 6.87. The number of methoxy groups -OCH3 is 1. The Bertz CT molecular complexity index is 1020. The molecule has 2 heterocycles. The maximum absolute atomic E-state index is 12.6. The Morgan fingerprint density at radius 3 is 2.61 bits per heavy atom. The summed E-state index contributed by atoms with van der Waals surface area (Å²) in [6.45, 7) is 3.43. The highest BCUT2D eigenvalue weighted by atomic mass is 16.5. The number of benzene rings is 2. The van der Waals surface area contributed by atoms with E-state index in [4.69, 9.17) is 13.9 Å². The third-order valence-electron chi connectivity index (χ3n) is 5.04. The Morgan fingerprint density at radius 2 is 1.89 bits per heavy atom. The van der Waals surface area contributed by atoms with E-state index in [2.05, 4.69) is 4.90 Å². The second kappa shape index (κ2) is 7.94. The van der Waals surface area contributed by atoms with E-state index in [9.17, 15) is 9.90 Å². The van der Waals surface area contributed by atoms with Crippen LogP contribution in [0.1, 0.15) is 12.8 Å².